The molecule has 3 aromatic carbocycles. The van der Waals surface area contributed by atoms with Gasteiger partial charge in [0, 0.05) is 34.1 Å². The molecule has 0 aliphatic carbocycles. The number of methoxy groups -OCH3 is 1. The molecule has 0 radical (unpaired) electrons. The number of amidine groups is 1. The Balaban J connectivity index is 1.70. The Kier molecular flexibility index (Phi) is 8.03. The average Bonchev–Trinajstić information content (AvgIpc) is 3.24. The number of rotatable bonds is 8. The molecule has 0 spiro atoms. The molecule has 39 heavy (non-hydrogen) atoms. The molecule has 1 heterocycles. The topological polar surface area (TPSA) is 124 Å². The first-order valence-electron chi connectivity index (χ1n) is 11.9. The third-order valence-corrected chi connectivity index (χ3v) is 6.74. The number of amides is 1. The molecular formula is C27H28ClF2N7O2. The third-order valence-electron chi connectivity index (χ3n) is 6.38. The molecule has 12 heteroatoms. The summed E-state index contributed by atoms with van der Waals surface area (Å²) in [5, 5.41) is 12.3. The van der Waals surface area contributed by atoms with E-state index in [4.69, 9.17) is 28.0 Å². The van der Waals surface area contributed by atoms with Gasteiger partial charge in [-0.3, -0.25) is 14.5 Å². The van der Waals surface area contributed by atoms with E-state index in [0.29, 0.717) is 44.1 Å². The van der Waals surface area contributed by atoms with Crippen LogP contribution in [0, 0.1) is 6.92 Å². The molecule has 0 saturated carbocycles. The maximum absolute atomic E-state index is 15.8. The quantitative estimate of drug-likeness (QED) is 0.130. The molecule has 0 unspecified atom stereocenters. The summed E-state index contributed by atoms with van der Waals surface area (Å²) in [7, 11) is 3.05. The smallest absolute Gasteiger partial charge is 0.332 e. The monoisotopic (exact) mass is 555 g/mol. The van der Waals surface area contributed by atoms with Crippen LogP contribution in [0.4, 0.5) is 8.78 Å². The lowest BCUT2D eigenvalue weighted by Crippen LogP contribution is -2.46. The number of hydrazone groups is 1. The molecule has 0 aliphatic heterocycles. The van der Waals surface area contributed by atoms with E-state index >= 15 is 8.78 Å². The van der Waals surface area contributed by atoms with E-state index < -0.39 is 11.8 Å². The van der Waals surface area contributed by atoms with Gasteiger partial charge in [0.15, 0.2) is 0 Å². The number of hydrogen-bond acceptors (Lipinski definition) is 6. The van der Waals surface area contributed by atoms with Gasteiger partial charge in [0.2, 0.25) is 5.84 Å². The molecule has 0 atom stereocenters. The van der Waals surface area contributed by atoms with Crippen LogP contribution < -0.4 is 21.7 Å². The number of carbonyl (C=O) groups excluding carboxylic acids is 1. The van der Waals surface area contributed by atoms with E-state index in [-0.39, 0.29) is 24.6 Å². The van der Waals surface area contributed by atoms with Crippen molar-refractivity contribution in [3.05, 3.63) is 93.6 Å². The second kappa shape index (κ2) is 11.3. The zero-order chi connectivity index (χ0) is 28.3. The van der Waals surface area contributed by atoms with Gasteiger partial charge in [0.05, 0.1) is 31.4 Å². The van der Waals surface area contributed by atoms with Gasteiger partial charge in [-0.2, -0.15) is 19.0 Å². The fourth-order valence-corrected chi connectivity index (χ4v) is 4.57. The summed E-state index contributed by atoms with van der Waals surface area (Å²) in [6.07, 6.45) is 0. The van der Waals surface area contributed by atoms with Crippen molar-refractivity contribution in [1.82, 2.24) is 20.1 Å². The molecule has 204 valence electrons. The summed E-state index contributed by atoms with van der Waals surface area (Å²) < 4.78 is 38.3. The molecule has 4 rings (SSSR count). The number of ether oxygens (including phenoxy) is 1. The number of benzene rings is 3. The normalized spacial score (nSPS) is 12.0. The van der Waals surface area contributed by atoms with Gasteiger partial charge >= 0.3 is 5.92 Å². The summed E-state index contributed by atoms with van der Waals surface area (Å²) in [4.78, 5) is 12.4. The predicted octanol–water partition coefficient (Wildman–Crippen LogP) is 4.15. The SMILES string of the molecule is CNC(=O)c1cccc(Cl)c1Cn1nc(C)c2ccc(C(F)(F)/C(=N/N)N(N)Cc3ccc(OC)cc3)cc21. The molecule has 5 N–H and O–H groups in total. The average molecular weight is 556 g/mol. The largest absolute Gasteiger partial charge is 0.497 e. The molecule has 0 bridgehead atoms. The maximum Gasteiger partial charge on any atom is 0.332 e. The van der Waals surface area contributed by atoms with Crippen LogP contribution in [-0.4, -0.2) is 40.7 Å². The Morgan fingerprint density at radius 2 is 1.92 bits per heavy atom. The summed E-state index contributed by atoms with van der Waals surface area (Å²) in [5.74, 6) is 7.29. The first-order chi connectivity index (χ1) is 18.6. The number of hydrazine groups is 1. The first-order valence-corrected chi connectivity index (χ1v) is 12.3. The molecule has 1 amide bonds. The standard InChI is InChI=1S/C27H28ClF2N7O2/c1-16-20-12-9-18(27(29,30)26(34-31)36(32)14-17-7-10-19(39-3)11-8-17)13-24(20)37(35-16)15-22-21(25(38)33-2)5-4-6-23(22)28/h4-13H,14-15,31-32H2,1-3H3,(H,33,38)/b34-26-. The highest BCUT2D eigenvalue weighted by Gasteiger charge is 2.42. The van der Waals surface area contributed by atoms with Crippen LogP contribution >= 0.6 is 11.6 Å². The number of aryl methyl sites for hydroxylation is 1. The molecule has 9 nitrogen and oxygen atoms in total. The van der Waals surface area contributed by atoms with Gasteiger partial charge in [-0.05, 0) is 42.8 Å². The van der Waals surface area contributed by atoms with Crippen LogP contribution in [0.15, 0.2) is 65.8 Å². The zero-order valence-electron chi connectivity index (χ0n) is 21.6. The predicted molar refractivity (Wildman–Crippen MR) is 147 cm³/mol. The van der Waals surface area contributed by atoms with Crippen molar-refractivity contribution in [2.75, 3.05) is 14.2 Å². The number of aromatic nitrogens is 2. The van der Waals surface area contributed by atoms with Crippen molar-refractivity contribution >= 4 is 34.2 Å². The molecule has 0 saturated heterocycles. The highest BCUT2D eigenvalue weighted by atomic mass is 35.5. The van der Waals surface area contributed by atoms with Gasteiger partial charge in [-0.15, -0.1) is 0 Å². The minimum absolute atomic E-state index is 0.0658. The number of halogens is 3. The van der Waals surface area contributed by atoms with Crippen LogP contribution in [0.5, 0.6) is 5.75 Å². The van der Waals surface area contributed by atoms with Crippen molar-refractivity contribution in [3.8, 4) is 5.75 Å². The Labute approximate surface area is 228 Å². The Hall–Kier alpha value is -4.22. The summed E-state index contributed by atoms with van der Waals surface area (Å²) in [5.41, 5.74) is 2.20. The van der Waals surface area contributed by atoms with Crippen molar-refractivity contribution < 1.29 is 18.3 Å². The lowest BCUT2D eigenvalue weighted by molar-refractivity contribution is 0.0584. The summed E-state index contributed by atoms with van der Waals surface area (Å²) in [6.45, 7) is 1.79. The minimum Gasteiger partial charge on any atom is -0.497 e. The Bertz CT molecular complexity index is 1540. The van der Waals surface area contributed by atoms with E-state index in [9.17, 15) is 4.79 Å². The summed E-state index contributed by atoms with van der Waals surface area (Å²) >= 11 is 6.42. The van der Waals surface area contributed by atoms with Crippen molar-refractivity contribution in [2.24, 2.45) is 16.8 Å². The highest BCUT2D eigenvalue weighted by Crippen LogP contribution is 2.34. The van der Waals surface area contributed by atoms with Crippen LogP contribution in [-0.2, 0) is 19.0 Å². The second-order valence-electron chi connectivity index (χ2n) is 8.82. The van der Waals surface area contributed by atoms with E-state index in [0.717, 1.165) is 5.01 Å². The van der Waals surface area contributed by atoms with Crippen molar-refractivity contribution in [3.63, 3.8) is 0 Å². The third kappa shape index (κ3) is 5.50. The van der Waals surface area contributed by atoms with Crippen molar-refractivity contribution in [1.29, 1.82) is 0 Å². The zero-order valence-corrected chi connectivity index (χ0v) is 22.3. The van der Waals surface area contributed by atoms with E-state index in [1.165, 1.54) is 31.0 Å². The van der Waals surface area contributed by atoms with Crippen LogP contribution in [0.25, 0.3) is 10.9 Å². The fraction of sp³-hybridized carbons (Fsp3) is 0.222. The Morgan fingerprint density at radius 3 is 2.56 bits per heavy atom. The number of nitrogens with two attached hydrogens (primary N) is 2. The van der Waals surface area contributed by atoms with Gasteiger partial charge < -0.3 is 15.9 Å². The number of alkyl halides is 2. The van der Waals surface area contributed by atoms with Crippen LogP contribution in [0.3, 0.4) is 0 Å². The highest BCUT2D eigenvalue weighted by molar-refractivity contribution is 6.31. The molecule has 1 aromatic heterocycles. The van der Waals surface area contributed by atoms with E-state index in [2.05, 4.69) is 15.5 Å². The van der Waals surface area contributed by atoms with Gasteiger partial charge in [0.25, 0.3) is 5.91 Å². The van der Waals surface area contributed by atoms with Gasteiger partial charge in [0.1, 0.15) is 5.75 Å². The second-order valence-corrected chi connectivity index (χ2v) is 9.23. The number of nitrogens with zero attached hydrogens (tertiary/aromatic N) is 4. The molecule has 0 fully saturated rings. The Morgan fingerprint density at radius 1 is 1.21 bits per heavy atom. The molecule has 4 aromatic rings. The molecule has 0 aliphatic rings. The van der Waals surface area contributed by atoms with Crippen LogP contribution in [0.2, 0.25) is 5.02 Å². The number of fused-ring (bicyclic) bond motifs is 1. The first kappa shape index (κ1) is 27.8. The number of nitrogens with one attached hydrogen (secondary N) is 1. The minimum atomic E-state index is -3.63. The lowest BCUT2D eigenvalue weighted by atomic mass is 10.0. The van der Waals surface area contributed by atoms with Crippen molar-refractivity contribution in [2.45, 2.75) is 25.9 Å². The lowest BCUT2D eigenvalue weighted by Gasteiger charge is -2.26. The van der Waals surface area contributed by atoms with Gasteiger partial charge in [-0.25, -0.2) is 5.84 Å². The molecular weight excluding hydrogens is 528 g/mol. The summed E-state index contributed by atoms with van der Waals surface area (Å²) in [6, 6.07) is 15.9. The fourth-order valence-electron chi connectivity index (χ4n) is 4.34. The maximum atomic E-state index is 15.8. The van der Waals surface area contributed by atoms with E-state index in [1.807, 2.05) is 0 Å². The van der Waals surface area contributed by atoms with Gasteiger partial charge in [-0.1, -0.05) is 41.9 Å². The number of hydrogen-bond donors (Lipinski definition) is 3. The van der Waals surface area contributed by atoms with Crippen LogP contribution in [0.1, 0.15) is 32.7 Å². The number of carbonyl (C=O) groups is 1. The van der Waals surface area contributed by atoms with E-state index in [1.54, 1.807) is 55.5 Å².